The fourth-order valence-corrected chi connectivity index (χ4v) is 4.10. The number of likely N-dealkylation sites (N-methyl/N-ethyl adjacent to an activating group) is 1. The van der Waals surface area contributed by atoms with Crippen molar-refractivity contribution in [3.63, 3.8) is 0 Å². The van der Waals surface area contributed by atoms with Crippen molar-refractivity contribution < 1.29 is 9.59 Å². The van der Waals surface area contributed by atoms with Gasteiger partial charge in [0.05, 0.1) is 0 Å². The average molecular weight is 386 g/mol. The highest BCUT2D eigenvalue weighted by Gasteiger charge is 2.33. The molecule has 2 amide bonds. The lowest BCUT2D eigenvalue weighted by atomic mass is 9.89. The molecule has 0 bridgehead atoms. The van der Waals surface area contributed by atoms with E-state index in [4.69, 9.17) is 0 Å². The molecule has 1 saturated heterocycles. The molecule has 2 fully saturated rings. The van der Waals surface area contributed by atoms with E-state index in [2.05, 4.69) is 49.2 Å². The van der Waals surface area contributed by atoms with Gasteiger partial charge in [0.25, 0.3) is 0 Å². The molecule has 1 N–H and O–H groups in total. The highest BCUT2D eigenvalue weighted by Crippen LogP contribution is 2.44. The SMILES string of the molecule is CCN1CCN(C(=O)CCNC(=O)CC(c2ccc(C)c(C)c2)C2CC2)CC1. The van der Waals surface area contributed by atoms with Crippen LogP contribution in [0.1, 0.15) is 55.2 Å². The predicted octanol–water partition coefficient (Wildman–Crippen LogP) is 2.86. The van der Waals surface area contributed by atoms with Gasteiger partial charge >= 0.3 is 0 Å². The van der Waals surface area contributed by atoms with Crippen LogP contribution in [0.2, 0.25) is 0 Å². The number of carbonyl (C=O) groups is 2. The monoisotopic (exact) mass is 385 g/mol. The number of hydrogen-bond acceptors (Lipinski definition) is 3. The zero-order chi connectivity index (χ0) is 20.1. The molecule has 1 saturated carbocycles. The van der Waals surface area contributed by atoms with Gasteiger partial charge in [0, 0.05) is 45.6 Å². The molecule has 1 aromatic rings. The maximum atomic E-state index is 12.5. The van der Waals surface area contributed by atoms with Crippen LogP contribution in [0.15, 0.2) is 18.2 Å². The summed E-state index contributed by atoms with van der Waals surface area (Å²) < 4.78 is 0. The topological polar surface area (TPSA) is 52.6 Å². The van der Waals surface area contributed by atoms with Crippen molar-refractivity contribution in [1.29, 1.82) is 0 Å². The number of hydrogen-bond donors (Lipinski definition) is 1. The zero-order valence-electron chi connectivity index (χ0n) is 17.7. The maximum Gasteiger partial charge on any atom is 0.224 e. The molecule has 1 unspecified atom stereocenters. The van der Waals surface area contributed by atoms with Crippen LogP contribution in [0.5, 0.6) is 0 Å². The Hall–Kier alpha value is -1.88. The van der Waals surface area contributed by atoms with E-state index in [-0.39, 0.29) is 11.8 Å². The Balaban J connectivity index is 1.44. The van der Waals surface area contributed by atoms with Crippen molar-refractivity contribution in [3.8, 4) is 0 Å². The van der Waals surface area contributed by atoms with Crippen LogP contribution in [-0.4, -0.2) is 60.9 Å². The quantitative estimate of drug-likeness (QED) is 0.749. The largest absolute Gasteiger partial charge is 0.356 e. The number of nitrogens with zero attached hydrogens (tertiary/aromatic N) is 2. The molecule has 1 atom stereocenters. The van der Waals surface area contributed by atoms with Gasteiger partial charge in [0.2, 0.25) is 11.8 Å². The summed E-state index contributed by atoms with van der Waals surface area (Å²) in [6.45, 7) is 11.4. The predicted molar refractivity (Wildman–Crippen MR) is 112 cm³/mol. The third-order valence-electron chi connectivity index (χ3n) is 6.39. The Morgan fingerprint density at radius 3 is 2.43 bits per heavy atom. The van der Waals surface area contributed by atoms with E-state index in [1.54, 1.807) is 0 Å². The van der Waals surface area contributed by atoms with Crippen LogP contribution in [0.3, 0.4) is 0 Å². The van der Waals surface area contributed by atoms with Crippen molar-refractivity contribution in [2.75, 3.05) is 39.3 Å². The standard InChI is InChI=1S/C23H35N3O2/c1-4-25-11-13-26(14-12-25)23(28)9-10-24-22(27)16-21(19-7-8-19)20-6-5-17(2)18(3)15-20/h5-6,15,19,21H,4,7-14,16H2,1-3H3,(H,24,27). The second-order valence-corrected chi connectivity index (χ2v) is 8.41. The number of nitrogens with one attached hydrogen (secondary N) is 1. The Bertz CT molecular complexity index is 691. The van der Waals surface area contributed by atoms with E-state index in [1.807, 2.05) is 4.90 Å². The fourth-order valence-electron chi connectivity index (χ4n) is 4.10. The van der Waals surface area contributed by atoms with Gasteiger partial charge in [0.15, 0.2) is 0 Å². The van der Waals surface area contributed by atoms with Crippen LogP contribution in [0.4, 0.5) is 0 Å². The number of aryl methyl sites for hydroxylation is 2. The van der Waals surface area contributed by atoms with Crippen molar-refractivity contribution in [1.82, 2.24) is 15.1 Å². The number of rotatable bonds is 8. The molecule has 1 aliphatic heterocycles. The Kier molecular flexibility index (Phi) is 7.11. The van der Waals surface area contributed by atoms with E-state index < -0.39 is 0 Å². The van der Waals surface area contributed by atoms with Crippen LogP contribution in [-0.2, 0) is 9.59 Å². The maximum absolute atomic E-state index is 12.5. The highest BCUT2D eigenvalue weighted by atomic mass is 16.2. The number of carbonyl (C=O) groups excluding carboxylic acids is 2. The van der Waals surface area contributed by atoms with E-state index in [0.717, 1.165) is 32.7 Å². The van der Waals surface area contributed by atoms with Gasteiger partial charge in [-0.2, -0.15) is 0 Å². The molecule has 1 aliphatic carbocycles. The van der Waals surface area contributed by atoms with Gasteiger partial charge in [-0.1, -0.05) is 25.1 Å². The lowest BCUT2D eigenvalue weighted by molar-refractivity contribution is -0.132. The third kappa shape index (κ3) is 5.57. The van der Waals surface area contributed by atoms with Gasteiger partial charge in [-0.15, -0.1) is 0 Å². The molecule has 5 heteroatoms. The lowest BCUT2D eigenvalue weighted by Gasteiger charge is -2.34. The molecule has 0 spiro atoms. The number of amides is 2. The Morgan fingerprint density at radius 2 is 1.82 bits per heavy atom. The Labute approximate surface area is 169 Å². The summed E-state index contributed by atoms with van der Waals surface area (Å²) in [4.78, 5) is 29.2. The molecule has 0 aromatic heterocycles. The molecule has 5 nitrogen and oxygen atoms in total. The zero-order valence-corrected chi connectivity index (χ0v) is 17.7. The van der Waals surface area contributed by atoms with Gasteiger partial charge in [-0.3, -0.25) is 9.59 Å². The molecule has 28 heavy (non-hydrogen) atoms. The minimum Gasteiger partial charge on any atom is -0.356 e. The summed E-state index contributed by atoms with van der Waals surface area (Å²) >= 11 is 0. The molecule has 154 valence electrons. The van der Waals surface area contributed by atoms with Gasteiger partial charge in [-0.05, 0) is 61.8 Å². The van der Waals surface area contributed by atoms with Crippen molar-refractivity contribution in [3.05, 3.63) is 34.9 Å². The smallest absolute Gasteiger partial charge is 0.224 e. The van der Waals surface area contributed by atoms with E-state index >= 15 is 0 Å². The first-order valence-corrected chi connectivity index (χ1v) is 10.8. The summed E-state index contributed by atoms with van der Waals surface area (Å²) in [5, 5.41) is 2.98. The molecule has 1 aromatic carbocycles. The van der Waals surface area contributed by atoms with Crippen molar-refractivity contribution in [2.24, 2.45) is 5.92 Å². The van der Waals surface area contributed by atoms with Crippen molar-refractivity contribution >= 4 is 11.8 Å². The third-order valence-corrected chi connectivity index (χ3v) is 6.39. The van der Waals surface area contributed by atoms with Gasteiger partial charge < -0.3 is 15.1 Å². The summed E-state index contributed by atoms with van der Waals surface area (Å²) in [5.41, 5.74) is 3.86. The van der Waals surface area contributed by atoms with Crippen LogP contribution in [0.25, 0.3) is 0 Å². The van der Waals surface area contributed by atoms with Crippen LogP contribution in [0, 0.1) is 19.8 Å². The first-order chi connectivity index (χ1) is 13.5. The van der Waals surface area contributed by atoms with Gasteiger partial charge in [0.1, 0.15) is 0 Å². The van der Waals surface area contributed by atoms with Gasteiger partial charge in [-0.25, -0.2) is 0 Å². The first kappa shape index (κ1) is 20.8. The number of piperazine rings is 1. The molecule has 3 rings (SSSR count). The van der Waals surface area contributed by atoms with Crippen LogP contribution >= 0.6 is 0 Å². The summed E-state index contributed by atoms with van der Waals surface area (Å²) in [6, 6.07) is 6.58. The number of benzene rings is 1. The minimum atomic E-state index is 0.0683. The van der Waals surface area contributed by atoms with E-state index in [9.17, 15) is 9.59 Å². The average Bonchev–Trinajstić information content (AvgIpc) is 3.53. The molecule has 1 heterocycles. The first-order valence-electron chi connectivity index (χ1n) is 10.8. The second kappa shape index (κ2) is 9.55. The molecular weight excluding hydrogens is 350 g/mol. The molecular formula is C23H35N3O2. The second-order valence-electron chi connectivity index (χ2n) is 8.41. The normalized spacial score (nSPS) is 18.8. The van der Waals surface area contributed by atoms with Crippen molar-refractivity contribution in [2.45, 2.75) is 52.4 Å². The fraction of sp³-hybridized carbons (Fsp3) is 0.652. The molecule has 0 radical (unpaired) electrons. The minimum absolute atomic E-state index is 0.0683. The summed E-state index contributed by atoms with van der Waals surface area (Å²) in [5.74, 6) is 1.16. The molecule has 2 aliphatic rings. The Morgan fingerprint density at radius 1 is 1.11 bits per heavy atom. The lowest BCUT2D eigenvalue weighted by Crippen LogP contribution is -2.49. The summed E-state index contributed by atoms with van der Waals surface area (Å²) in [7, 11) is 0. The van der Waals surface area contributed by atoms with Crippen LogP contribution < -0.4 is 5.32 Å². The summed E-state index contributed by atoms with van der Waals surface area (Å²) in [6.07, 6.45) is 3.35. The van der Waals surface area contributed by atoms with E-state index in [1.165, 1.54) is 29.5 Å². The highest BCUT2D eigenvalue weighted by molar-refractivity contribution is 5.79. The van der Waals surface area contributed by atoms with E-state index in [0.29, 0.717) is 31.2 Å².